The van der Waals surface area contributed by atoms with E-state index in [-0.39, 0.29) is 17.8 Å². The number of carbonyl (C=O) groups excluding carboxylic acids is 3. The number of thiophene rings is 1. The molecule has 1 aromatic heterocycles. The number of hydrogen-bond acceptors (Lipinski definition) is 5. The van der Waals surface area contributed by atoms with Crippen molar-refractivity contribution in [3.8, 4) is 0 Å². The van der Waals surface area contributed by atoms with Crippen LogP contribution < -0.4 is 10.6 Å². The van der Waals surface area contributed by atoms with Crippen LogP contribution in [0.5, 0.6) is 0 Å². The summed E-state index contributed by atoms with van der Waals surface area (Å²) >= 11 is 1.18. The summed E-state index contributed by atoms with van der Waals surface area (Å²) in [7, 11) is 0. The lowest BCUT2D eigenvalue weighted by Gasteiger charge is -2.08. The van der Waals surface area contributed by atoms with Gasteiger partial charge in [0.2, 0.25) is 11.8 Å². The van der Waals surface area contributed by atoms with Gasteiger partial charge in [0.05, 0.1) is 11.6 Å². The Morgan fingerprint density at radius 3 is 2.90 bits per heavy atom. The normalized spacial score (nSPS) is 17.7. The molecule has 0 unspecified atom stereocenters. The van der Waals surface area contributed by atoms with Crippen molar-refractivity contribution in [2.45, 2.75) is 32.7 Å². The maximum absolute atomic E-state index is 11.9. The van der Waals surface area contributed by atoms with Crippen molar-refractivity contribution >= 4 is 34.1 Å². The van der Waals surface area contributed by atoms with Gasteiger partial charge in [-0.15, -0.1) is 11.3 Å². The minimum Gasteiger partial charge on any atom is -0.462 e. The number of amides is 2. The molecule has 0 aliphatic carbocycles. The van der Waals surface area contributed by atoms with Crippen LogP contribution in [0, 0.1) is 6.92 Å². The summed E-state index contributed by atoms with van der Waals surface area (Å²) in [6, 6.07) is 1.24. The fourth-order valence-electron chi connectivity index (χ4n) is 1.96. The van der Waals surface area contributed by atoms with Gasteiger partial charge in [0.25, 0.3) is 0 Å². The third-order valence-electron chi connectivity index (χ3n) is 2.94. The van der Waals surface area contributed by atoms with Crippen molar-refractivity contribution in [1.29, 1.82) is 0 Å². The zero-order valence-corrected chi connectivity index (χ0v) is 12.1. The highest BCUT2D eigenvalue weighted by Crippen LogP contribution is 2.27. The van der Waals surface area contributed by atoms with E-state index in [1.165, 1.54) is 11.3 Å². The summed E-state index contributed by atoms with van der Waals surface area (Å²) in [6.07, 6.45) is 0.870. The minimum absolute atomic E-state index is 0.111. The average molecular weight is 296 g/mol. The third-order valence-corrected chi connectivity index (χ3v) is 4.07. The smallest absolute Gasteiger partial charge is 0.348 e. The van der Waals surface area contributed by atoms with Crippen LogP contribution >= 0.6 is 11.3 Å². The molecule has 0 aromatic carbocycles. The molecular weight excluding hydrogens is 280 g/mol. The first kappa shape index (κ1) is 14.5. The van der Waals surface area contributed by atoms with E-state index < -0.39 is 6.04 Å². The predicted octanol–water partition coefficient (Wildman–Crippen LogP) is 1.45. The van der Waals surface area contributed by atoms with Crippen molar-refractivity contribution in [2.24, 2.45) is 0 Å². The molecule has 2 N–H and O–H groups in total. The van der Waals surface area contributed by atoms with E-state index in [2.05, 4.69) is 10.6 Å². The van der Waals surface area contributed by atoms with Gasteiger partial charge in [0.1, 0.15) is 10.9 Å². The van der Waals surface area contributed by atoms with Gasteiger partial charge < -0.3 is 15.4 Å². The maximum Gasteiger partial charge on any atom is 0.348 e. The van der Waals surface area contributed by atoms with Crippen LogP contribution in [0.4, 0.5) is 5.00 Å². The Kier molecular flexibility index (Phi) is 4.39. The monoisotopic (exact) mass is 296 g/mol. The van der Waals surface area contributed by atoms with Crippen molar-refractivity contribution in [3.63, 3.8) is 0 Å². The Morgan fingerprint density at radius 2 is 2.30 bits per heavy atom. The number of aryl methyl sites for hydroxylation is 1. The van der Waals surface area contributed by atoms with Gasteiger partial charge in [0, 0.05) is 6.42 Å². The van der Waals surface area contributed by atoms with Gasteiger partial charge in [-0.25, -0.2) is 4.79 Å². The highest BCUT2D eigenvalue weighted by molar-refractivity contribution is 7.18. The van der Waals surface area contributed by atoms with E-state index in [4.69, 9.17) is 4.74 Å². The standard InChI is InChI=1S/C13H16N2O4S/c1-3-19-13(18)11-7(2)6-10(20-11)15-12(17)8-4-5-9(16)14-8/h6,8H,3-5H2,1-2H3,(H,14,16)(H,15,17)/t8-/m1/s1. The number of ether oxygens (including phenoxy) is 1. The fraction of sp³-hybridized carbons (Fsp3) is 0.462. The number of nitrogens with one attached hydrogen (secondary N) is 2. The molecule has 20 heavy (non-hydrogen) atoms. The molecule has 1 aliphatic rings. The summed E-state index contributed by atoms with van der Waals surface area (Å²) < 4.78 is 4.94. The summed E-state index contributed by atoms with van der Waals surface area (Å²) in [5.41, 5.74) is 0.763. The van der Waals surface area contributed by atoms with Gasteiger partial charge in [-0.05, 0) is 31.9 Å². The van der Waals surface area contributed by atoms with E-state index in [1.54, 1.807) is 19.9 Å². The van der Waals surface area contributed by atoms with Crippen molar-refractivity contribution in [3.05, 3.63) is 16.5 Å². The first-order valence-corrected chi connectivity index (χ1v) is 7.20. The maximum atomic E-state index is 11.9. The lowest BCUT2D eigenvalue weighted by atomic mass is 10.2. The number of hydrogen-bond donors (Lipinski definition) is 2. The molecule has 6 nitrogen and oxygen atoms in total. The second-order valence-electron chi connectivity index (χ2n) is 4.49. The molecule has 1 aliphatic heterocycles. The van der Waals surface area contributed by atoms with E-state index in [0.29, 0.717) is 29.3 Å². The second-order valence-corrected chi connectivity index (χ2v) is 5.54. The zero-order chi connectivity index (χ0) is 14.7. The summed E-state index contributed by atoms with van der Waals surface area (Å²) in [4.78, 5) is 35.2. The molecule has 2 amide bonds. The van der Waals surface area contributed by atoms with Crippen LogP contribution in [0.15, 0.2) is 6.07 Å². The van der Waals surface area contributed by atoms with E-state index in [0.717, 1.165) is 5.56 Å². The van der Waals surface area contributed by atoms with Crippen LogP contribution in [0.1, 0.15) is 35.0 Å². The Hall–Kier alpha value is -1.89. The molecule has 2 heterocycles. The third kappa shape index (κ3) is 3.16. The number of esters is 1. The van der Waals surface area contributed by atoms with Gasteiger partial charge in [-0.2, -0.15) is 0 Å². The molecule has 1 fully saturated rings. The van der Waals surface area contributed by atoms with Crippen LogP contribution in [0.2, 0.25) is 0 Å². The molecule has 0 bridgehead atoms. The molecule has 1 aromatic rings. The van der Waals surface area contributed by atoms with Gasteiger partial charge >= 0.3 is 5.97 Å². The molecule has 7 heteroatoms. The quantitative estimate of drug-likeness (QED) is 0.824. The van der Waals surface area contributed by atoms with E-state index in [1.807, 2.05) is 0 Å². The van der Waals surface area contributed by atoms with Crippen LogP contribution in [0.25, 0.3) is 0 Å². The van der Waals surface area contributed by atoms with E-state index >= 15 is 0 Å². The Bertz CT molecular complexity index is 553. The Morgan fingerprint density at radius 1 is 1.55 bits per heavy atom. The average Bonchev–Trinajstić information content (AvgIpc) is 2.96. The molecule has 1 atom stereocenters. The largest absolute Gasteiger partial charge is 0.462 e. The number of anilines is 1. The lowest BCUT2D eigenvalue weighted by Crippen LogP contribution is -2.37. The summed E-state index contributed by atoms with van der Waals surface area (Å²) in [5, 5.41) is 5.90. The molecule has 108 valence electrons. The molecule has 0 spiro atoms. The van der Waals surface area contributed by atoms with Gasteiger partial charge in [-0.3, -0.25) is 9.59 Å². The second kappa shape index (κ2) is 6.04. The van der Waals surface area contributed by atoms with Crippen molar-refractivity contribution in [2.75, 3.05) is 11.9 Å². The van der Waals surface area contributed by atoms with Crippen molar-refractivity contribution in [1.82, 2.24) is 5.32 Å². The summed E-state index contributed by atoms with van der Waals surface area (Å²) in [5.74, 6) is -0.753. The SMILES string of the molecule is CCOC(=O)c1sc(NC(=O)[C@H]2CCC(=O)N2)cc1C. The molecule has 0 saturated carbocycles. The minimum atomic E-state index is -0.490. The molecule has 0 radical (unpaired) electrons. The Labute approximate surface area is 120 Å². The van der Waals surface area contributed by atoms with Crippen LogP contribution in [0.3, 0.4) is 0 Å². The first-order chi connectivity index (χ1) is 9.51. The van der Waals surface area contributed by atoms with Gasteiger partial charge in [0.15, 0.2) is 0 Å². The van der Waals surface area contributed by atoms with Crippen LogP contribution in [-0.4, -0.2) is 30.4 Å². The highest BCUT2D eigenvalue weighted by atomic mass is 32.1. The zero-order valence-electron chi connectivity index (χ0n) is 11.3. The summed E-state index contributed by atoms with van der Waals surface area (Å²) in [6.45, 7) is 3.84. The molecular formula is C13H16N2O4S. The topological polar surface area (TPSA) is 84.5 Å². The fourth-order valence-corrected chi connectivity index (χ4v) is 2.93. The lowest BCUT2D eigenvalue weighted by molar-refractivity contribution is -0.122. The molecule has 1 saturated heterocycles. The predicted molar refractivity (Wildman–Crippen MR) is 74.8 cm³/mol. The van der Waals surface area contributed by atoms with E-state index in [9.17, 15) is 14.4 Å². The number of rotatable bonds is 4. The highest BCUT2D eigenvalue weighted by Gasteiger charge is 2.27. The Balaban J connectivity index is 2.03. The van der Waals surface area contributed by atoms with Gasteiger partial charge in [-0.1, -0.05) is 0 Å². The van der Waals surface area contributed by atoms with Crippen molar-refractivity contribution < 1.29 is 19.1 Å². The van der Waals surface area contributed by atoms with Crippen LogP contribution in [-0.2, 0) is 14.3 Å². The number of carbonyl (C=O) groups is 3. The molecule has 2 rings (SSSR count). The first-order valence-electron chi connectivity index (χ1n) is 6.39.